The SMILES string of the molecule is Cc1ccc(F)cc1S(=O)(=O)N(C)c1ccc2[nH]c3ncc(-c4ccc(C(=O)OCCN5CCCCC5)cc4)c(-c4ccccc4)c3c2c1. The fourth-order valence-corrected chi connectivity index (χ4v) is 8.04. The molecule has 4 aromatic carbocycles. The normalized spacial score (nSPS) is 13.9. The highest BCUT2D eigenvalue weighted by molar-refractivity contribution is 7.92. The molecule has 0 amide bonds. The average Bonchev–Trinajstić information content (AvgIpc) is 3.50. The number of sulfonamides is 1. The smallest absolute Gasteiger partial charge is 0.338 e. The number of fused-ring (bicyclic) bond motifs is 3. The van der Waals surface area contributed by atoms with Gasteiger partial charge in [-0.25, -0.2) is 22.6 Å². The van der Waals surface area contributed by atoms with Crippen molar-refractivity contribution in [2.24, 2.45) is 0 Å². The Morgan fingerprint density at radius 2 is 1.69 bits per heavy atom. The Labute approximate surface area is 285 Å². The third kappa shape index (κ3) is 6.41. The number of likely N-dealkylation sites (tertiary alicyclic amines) is 1. The van der Waals surface area contributed by atoms with Gasteiger partial charge in [-0.2, -0.15) is 0 Å². The van der Waals surface area contributed by atoms with E-state index >= 15 is 0 Å². The van der Waals surface area contributed by atoms with Gasteiger partial charge in [0.2, 0.25) is 0 Å². The number of aromatic amines is 1. The summed E-state index contributed by atoms with van der Waals surface area (Å²) in [6.07, 6.45) is 5.46. The van der Waals surface area contributed by atoms with E-state index in [4.69, 9.17) is 9.72 Å². The fraction of sp³-hybridized carbons (Fsp3) is 0.231. The number of carbonyl (C=O) groups is 1. The molecule has 7 rings (SSSR count). The molecule has 0 unspecified atom stereocenters. The monoisotopic (exact) mass is 676 g/mol. The number of carbonyl (C=O) groups excluding carboxylic acids is 1. The van der Waals surface area contributed by atoms with E-state index in [2.05, 4.69) is 9.88 Å². The number of pyridine rings is 1. The summed E-state index contributed by atoms with van der Waals surface area (Å²) in [5.74, 6) is -0.967. The van der Waals surface area contributed by atoms with Gasteiger partial charge in [-0.15, -0.1) is 0 Å². The average molecular weight is 677 g/mol. The fourth-order valence-electron chi connectivity index (χ4n) is 6.62. The predicted octanol–water partition coefficient (Wildman–Crippen LogP) is 7.97. The van der Waals surface area contributed by atoms with Crippen molar-refractivity contribution in [3.8, 4) is 22.3 Å². The molecule has 0 spiro atoms. The van der Waals surface area contributed by atoms with E-state index < -0.39 is 15.8 Å². The van der Waals surface area contributed by atoms with Crippen LogP contribution < -0.4 is 4.31 Å². The largest absolute Gasteiger partial charge is 0.461 e. The van der Waals surface area contributed by atoms with Gasteiger partial charge in [0.1, 0.15) is 18.1 Å². The Kier molecular flexibility index (Phi) is 8.92. The van der Waals surface area contributed by atoms with Crippen molar-refractivity contribution in [3.63, 3.8) is 0 Å². The number of hydrogen-bond acceptors (Lipinski definition) is 6. The molecule has 0 bridgehead atoms. The summed E-state index contributed by atoms with van der Waals surface area (Å²) in [5, 5.41) is 1.61. The van der Waals surface area contributed by atoms with Gasteiger partial charge in [0.05, 0.1) is 16.1 Å². The predicted molar refractivity (Wildman–Crippen MR) is 192 cm³/mol. The molecule has 1 aliphatic heterocycles. The first-order chi connectivity index (χ1) is 23.7. The van der Waals surface area contributed by atoms with E-state index in [1.165, 1.54) is 42.7 Å². The van der Waals surface area contributed by atoms with Crippen LogP contribution in [-0.2, 0) is 14.8 Å². The van der Waals surface area contributed by atoms with E-state index in [9.17, 15) is 17.6 Å². The zero-order chi connectivity index (χ0) is 34.1. The van der Waals surface area contributed by atoms with Gasteiger partial charge in [0, 0.05) is 47.2 Å². The lowest BCUT2D eigenvalue weighted by Gasteiger charge is -2.25. The van der Waals surface area contributed by atoms with Crippen molar-refractivity contribution < 1.29 is 22.3 Å². The highest BCUT2D eigenvalue weighted by Crippen LogP contribution is 2.41. The Hall–Kier alpha value is -5.06. The zero-order valence-corrected chi connectivity index (χ0v) is 28.3. The summed E-state index contributed by atoms with van der Waals surface area (Å²) in [4.78, 5) is 23.3. The quantitative estimate of drug-likeness (QED) is 0.156. The first-order valence-electron chi connectivity index (χ1n) is 16.5. The highest BCUT2D eigenvalue weighted by Gasteiger charge is 2.25. The molecule has 0 radical (unpaired) electrons. The van der Waals surface area contributed by atoms with Crippen LogP contribution in [0.15, 0.2) is 102 Å². The Balaban J connectivity index is 1.26. The lowest BCUT2D eigenvalue weighted by Crippen LogP contribution is -2.33. The summed E-state index contributed by atoms with van der Waals surface area (Å²) in [6, 6.07) is 26.4. The number of nitrogens with zero attached hydrogens (tertiary/aromatic N) is 3. The molecule has 1 aliphatic rings. The van der Waals surface area contributed by atoms with Crippen LogP contribution in [0, 0.1) is 12.7 Å². The van der Waals surface area contributed by atoms with Gasteiger partial charge >= 0.3 is 5.97 Å². The summed E-state index contributed by atoms with van der Waals surface area (Å²) in [6.45, 7) is 4.86. The Morgan fingerprint density at radius 1 is 0.939 bits per heavy atom. The summed E-state index contributed by atoms with van der Waals surface area (Å²) >= 11 is 0. The number of piperidine rings is 1. The number of aromatic nitrogens is 2. The number of aryl methyl sites for hydroxylation is 1. The van der Waals surface area contributed by atoms with Crippen molar-refractivity contribution in [3.05, 3.63) is 114 Å². The van der Waals surface area contributed by atoms with Crippen molar-refractivity contribution in [2.45, 2.75) is 31.1 Å². The van der Waals surface area contributed by atoms with E-state index in [0.29, 0.717) is 29.1 Å². The second-order valence-electron chi connectivity index (χ2n) is 12.5. The molecule has 1 saturated heterocycles. The maximum Gasteiger partial charge on any atom is 0.338 e. The van der Waals surface area contributed by atoms with Crippen LogP contribution in [0.5, 0.6) is 0 Å². The van der Waals surface area contributed by atoms with Crippen LogP contribution in [0.3, 0.4) is 0 Å². The molecule has 10 heteroatoms. The van der Waals surface area contributed by atoms with Crippen molar-refractivity contribution in [1.29, 1.82) is 0 Å². The Bertz CT molecular complexity index is 2260. The molecular formula is C39H37FN4O4S. The van der Waals surface area contributed by atoms with E-state index in [-0.39, 0.29) is 10.9 Å². The second-order valence-corrected chi connectivity index (χ2v) is 14.4. The molecule has 0 atom stereocenters. The summed E-state index contributed by atoms with van der Waals surface area (Å²) < 4.78 is 48.3. The van der Waals surface area contributed by atoms with E-state index in [1.807, 2.05) is 60.8 Å². The molecule has 8 nitrogen and oxygen atoms in total. The van der Waals surface area contributed by atoms with Crippen LogP contribution >= 0.6 is 0 Å². The number of ether oxygens (including phenoxy) is 1. The van der Waals surface area contributed by atoms with Gasteiger partial charge in [-0.3, -0.25) is 9.21 Å². The van der Waals surface area contributed by atoms with Gasteiger partial charge in [-0.1, -0.05) is 55.0 Å². The molecule has 1 N–H and O–H groups in total. The number of H-pyrrole nitrogens is 1. The number of benzene rings is 4. The molecule has 0 aliphatic carbocycles. The Morgan fingerprint density at radius 3 is 2.45 bits per heavy atom. The number of anilines is 1. The standard InChI is InChI=1S/C39H37FN4O4S/c1-26-11-16-30(40)23-35(26)49(46,47)43(2)31-17-18-34-32(24-31)37-36(28-9-5-3-6-10-28)33(25-41-38(37)42-34)27-12-14-29(15-13-27)39(45)48-22-21-44-19-7-4-8-20-44/h3,5-6,9-18,23-25H,4,7-8,19-22H2,1-2H3,(H,41,42). The number of hydrogen-bond donors (Lipinski definition) is 1. The first-order valence-corrected chi connectivity index (χ1v) is 17.9. The van der Waals surface area contributed by atoms with Gasteiger partial charge in [0.25, 0.3) is 10.0 Å². The number of nitrogens with one attached hydrogen (secondary N) is 1. The summed E-state index contributed by atoms with van der Waals surface area (Å²) in [5.41, 5.74) is 6.38. The summed E-state index contributed by atoms with van der Waals surface area (Å²) in [7, 11) is -2.59. The number of esters is 1. The van der Waals surface area contributed by atoms with Gasteiger partial charge < -0.3 is 9.72 Å². The van der Waals surface area contributed by atoms with Crippen molar-refractivity contribution >= 4 is 43.6 Å². The third-order valence-electron chi connectivity index (χ3n) is 9.34. The topological polar surface area (TPSA) is 95.6 Å². The lowest BCUT2D eigenvalue weighted by molar-refractivity contribution is 0.0452. The van der Waals surface area contributed by atoms with Crippen molar-refractivity contribution in [1.82, 2.24) is 14.9 Å². The molecule has 49 heavy (non-hydrogen) atoms. The van der Waals surface area contributed by atoms with Crippen LogP contribution in [-0.4, -0.2) is 62.5 Å². The molecule has 250 valence electrons. The van der Waals surface area contributed by atoms with Crippen LogP contribution in [0.25, 0.3) is 44.2 Å². The van der Waals surface area contributed by atoms with Gasteiger partial charge in [-0.05, 0) is 92.0 Å². The molecule has 0 saturated carbocycles. The lowest BCUT2D eigenvalue weighted by atomic mass is 9.92. The minimum absolute atomic E-state index is 0.0859. The molecule has 1 fully saturated rings. The van der Waals surface area contributed by atoms with E-state index in [0.717, 1.165) is 64.2 Å². The molecule has 2 aromatic heterocycles. The van der Waals surface area contributed by atoms with Crippen LogP contribution in [0.4, 0.5) is 10.1 Å². The number of rotatable bonds is 9. The third-order valence-corrected chi connectivity index (χ3v) is 11.3. The maximum atomic E-state index is 14.1. The first kappa shape index (κ1) is 32.5. The van der Waals surface area contributed by atoms with Crippen molar-refractivity contribution in [2.75, 3.05) is 37.6 Å². The minimum Gasteiger partial charge on any atom is -0.461 e. The van der Waals surface area contributed by atoms with Crippen LogP contribution in [0.1, 0.15) is 35.2 Å². The highest BCUT2D eigenvalue weighted by atomic mass is 32.2. The molecule has 3 heterocycles. The minimum atomic E-state index is -4.06. The van der Waals surface area contributed by atoms with E-state index in [1.54, 1.807) is 25.1 Å². The molecule has 6 aromatic rings. The zero-order valence-electron chi connectivity index (χ0n) is 27.4. The second kappa shape index (κ2) is 13.4. The van der Waals surface area contributed by atoms with Gasteiger partial charge in [0.15, 0.2) is 0 Å². The molecular weight excluding hydrogens is 640 g/mol. The number of halogens is 1. The van der Waals surface area contributed by atoms with Crippen LogP contribution in [0.2, 0.25) is 0 Å². The maximum absolute atomic E-state index is 14.1.